The van der Waals surface area contributed by atoms with Crippen molar-refractivity contribution in [1.82, 2.24) is 0 Å². The molecule has 0 aliphatic heterocycles. The lowest BCUT2D eigenvalue weighted by molar-refractivity contribution is 0.277. The van der Waals surface area contributed by atoms with E-state index in [-0.39, 0.29) is 24.0 Å². The molecule has 0 bridgehead atoms. The van der Waals surface area contributed by atoms with Crippen LogP contribution >= 0.6 is 11.6 Å². The second-order valence-electron chi connectivity index (χ2n) is 8.85. The summed E-state index contributed by atoms with van der Waals surface area (Å²) < 4.78 is 0. The number of aryl methyl sites for hydroxylation is 1. The van der Waals surface area contributed by atoms with Crippen LogP contribution in [0.15, 0.2) is 30.3 Å². The Morgan fingerprint density at radius 1 is 0.885 bits per heavy atom. The Morgan fingerprint density at radius 2 is 1.50 bits per heavy atom. The molecule has 0 spiro atoms. The van der Waals surface area contributed by atoms with Crippen LogP contribution < -0.4 is 0 Å². The zero-order chi connectivity index (χ0) is 19.7. The van der Waals surface area contributed by atoms with Gasteiger partial charge in [-0.15, -0.1) is 0 Å². The van der Waals surface area contributed by atoms with Gasteiger partial charge in [-0.1, -0.05) is 70.5 Å². The van der Waals surface area contributed by atoms with E-state index in [2.05, 4.69) is 53.7 Å². The molecule has 0 atom stereocenters. The molecule has 0 aliphatic carbocycles. The third kappa shape index (κ3) is 4.31. The first-order valence-electron chi connectivity index (χ1n) is 9.13. The standard InChI is InChI=1S/C23H31ClO2/c1-15-8-7-9-17(13-25)20(15)23(5,6)12-16-10-18(14-26)21(19(24)11-16)22(2,3)4/h7-11,25-26H,12-14H2,1-6H3. The van der Waals surface area contributed by atoms with Crippen LogP contribution in [-0.4, -0.2) is 10.2 Å². The fourth-order valence-corrected chi connectivity index (χ4v) is 4.77. The number of rotatable bonds is 5. The summed E-state index contributed by atoms with van der Waals surface area (Å²) >= 11 is 6.61. The topological polar surface area (TPSA) is 40.5 Å². The Labute approximate surface area is 162 Å². The van der Waals surface area contributed by atoms with Crippen molar-refractivity contribution in [2.24, 2.45) is 0 Å². The van der Waals surface area contributed by atoms with Gasteiger partial charge in [0.2, 0.25) is 0 Å². The smallest absolute Gasteiger partial charge is 0.0685 e. The van der Waals surface area contributed by atoms with E-state index in [1.54, 1.807) is 0 Å². The van der Waals surface area contributed by atoms with Gasteiger partial charge in [-0.25, -0.2) is 0 Å². The molecule has 0 saturated heterocycles. The molecule has 2 aromatic carbocycles. The quantitative estimate of drug-likeness (QED) is 0.730. The van der Waals surface area contributed by atoms with Gasteiger partial charge >= 0.3 is 0 Å². The van der Waals surface area contributed by atoms with Crippen molar-refractivity contribution in [2.45, 2.75) is 72.0 Å². The summed E-state index contributed by atoms with van der Waals surface area (Å²) in [5, 5.41) is 20.4. The molecular weight excluding hydrogens is 344 g/mol. The fourth-order valence-electron chi connectivity index (χ4n) is 4.22. The average Bonchev–Trinajstić information content (AvgIpc) is 2.51. The summed E-state index contributed by atoms with van der Waals surface area (Å²) in [4.78, 5) is 0. The highest BCUT2D eigenvalue weighted by molar-refractivity contribution is 6.31. The van der Waals surface area contributed by atoms with Crippen LogP contribution in [0.1, 0.15) is 68.0 Å². The van der Waals surface area contributed by atoms with Gasteiger partial charge in [0.1, 0.15) is 0 Å². The number of benzene rings is 2. The van der Waals surface area contributed by atoms with Crippen molar-refractivity contribution in [3.8, 4) is 0 Å². The summed E-state index contributed by atoms with van der Waals surface area (Å²) in [6.45, 7) is 12.8. The van der Waals surface area contributed by atoms with Gasteiger partial charge in [-0.2, -0.15) is 0 Å². The van der Waals surface area contributed by atoms with E-state index in [9.17, 15) is 10.2 Å². The Bertz CT molecular complexity index is 786. The summed E-state index contributed by atoms with van der Waals surface area (Å²) in [6, 6.07) is 10.2. The van der Waals surface area contributed by atoms with Gasteiger partial charge in [0, 0.05) is 5.02 Å². The maximum atomic E-state index is 9.88. The molecule has 0 aromatic heterocycles. The number of aliphatic hydroxyl groups excluding tert-OH is 2. The van der Waals surface area contributed by atoms with E-state index in [1.165, 1.54) is 11.1 Å². The maximum Gasteiger partial charge on any atom is 0.0685 e. The van der Waals surface area contributed by atoms with Gasteiger partial charge in [0.15, 0.2) is 0 Å². The maximum absolute atomic E-state index is 9.88. The molecule has 2 rings (SSSR count). The van der Waals surface area contributed by atoms with E-state index in [1.807, 2.05) is 18.2 Å². The van der Waals surface area contributed by atoms with Crippen LogP contribution in [0, 0.1) is 6.92 Å². The van der Waals surface area contributed by atoms with Crippen molar-refractivity contribution in [2.75, 3.05) is 0 Å². The van der Waals surface area contributed by atoms with Crippen LogP contribution in [0.4, 0.5) is 0 Å². The molecule has 26 heavy (non-hydrogen) atoms. The molecule has 2 N–H and O–H groups in total. The van der Waals surface area contributed by atoms with E-state index in [0.717, 1.165) is 28.7 Å². The molecule has 0 aliphatic rings. The predicted molar refractivity (Wildman–Crippen MR) is 110 cm³/mol. The van der Waals surface area contributed by atoms with E-state index in [0.29, 0.717) is 5.02 Å². The fraction of sp³-hybridized carbons (Fsp3) is 0.478. The summed E-state index contributed by atoms with van der Waals surface area (Å²) in [6.07, 6.45) is 0.780. The second-order valence-corrected chi connectivity index (χ2v) is 9.25. The third-order valence-corrected chi connectivity index (χ3v) is 5.30. The van der Waals surface area contributed by atoms with Gasteiger partial charge in [-0.3, -0.25) is 0 Å². The molecule has 0 fully saturated rings. The van der Waals surface area contributed by atoms with Crippen molar-refractivity contribution in [1.29, 1.82) is 0 Å². The number of halogens is 1. The second kappa shape index (κ2) is 7.72. The van der Waals surface area contributed by atoms with Crippen molar-refractivity contribution in [3.05, 3.63) is 68.7 Å². The van der Waals surface area contributed by atoms with Crippen LogP contribution in [0.3, 0.4) is 0 Å². The molecule has 142 valence electrons. The average molecular weight is 375 g/mol. The molecule has 0 heterocycles. The van der Waals surface area contributed by atoms with Gasteiger partial charge in [-0.05, 0) is 63.6 Å². The van der Waals surface area contributed by atoms with Gasteiger partial charge in [0.05, 0.1) is 13.2 Å². The molecule has 2 nitrogen and oxygen atoms in total. The van der Waals surface area contributed by atoms with Crippen LogP contribution in [0.5, 0.6) is 0 Å². The highest BCUT2D eigenvalue weighted by Crippen LogP contribution is 2.37. The number of hydrogen-bond acceptors (Lipinski definition) is 2. The largest absolute Gasteiger partial charge is 0.392 e. The molecule has 0 saturated carbocycles. The third-order valence-electron chi connectivity index (χ3n) is 5.00. The van der Waals surface area contributed by atoms with E-state index >= 15 is 0 Å². The highest BCUT2D eigenvalue weighted by Gasteiger charge is 2.28. The Hall–Kier alpha value is -1.35. The predicted octanol–water partition coefficient (Wildman–Crippen LogP) is 5.45. The lowest BCUT2D eigenvalue weighted by Crippen LogP contribution is -2.24. The van der Waals surface area contributed by atoms with Crippen molar-refractivity contribution >= 4 is 11.6 Å². The van der Waals surface area contributed by atoms with E-state index in [4.69, 9.17) is 11.6 Å². The highest BCUT2D eigenvalue weighted by atomic mass is 35.5. The molecule has 2 aromatic rings. The van der Waals surface area contributed by atoms with E-state index < -0.39 is 0 Å². The molecule has 0 radical (unpaired) electrons. The monoisotopic (exact) mass is 374 g/mol. The zero-order valence-electron chi connectivity index (χ0n) is 16.8. The van der Waals surface area contributed by atoms with Crippen LogP contribution in [0.25, 0.3) is 0 Å². The lowest BCUT2D eigenvalue weighted by atomic mass is 9.74. The van der Waals surface area contributed by atoms with Crippen molar-refractivity contribution < 1.29 is 10.2 Å². The lowest BCUT2D eigenvalue weighted by Gasteiger charge is -2.31. The Morgan fingerprint density at radius 3 is 2.04 bits per heavy atom. The first-order chi connectivity index (χ1) is 12.0. The minimum atomic E-state index is -0.164. The van der Waals surface area contributed by atoms with Gasteiger partial charge in [0.25, 0.3) is 0 Å². The first-order valence-corrected chi connectivity index (χ1v) is 9.51. The SMILES string of the molecule is Cc1cccc(CO)c1C(C)(C)Cc1cc(Cl)c(C(C)(C)C)c(CO)c1. The first kappa shape index (κ1) is 21.0. The minimum Gasteiger partial charge on any atom is -0.392 e. The molecular formula is C23H31ClO2. The molecule has 0 unspecified atom stereocenters. The van der Waals surface area contributed by atoms with Crippen LogP contribution in [-0.2, 0) is 30.5 Å². The molecule has 3 heteroatoms. The number of aliphatic hydroxyl groups is 2. The van der Waals surface area contributed by atoms with Crippen LogP contribution in [0.2, 0.25) is 5.02 Å². The summed E-state index contributed by atoms with van der Waals surface area (Å²) in [5.41, 5.74) is 6.05. The van der Waals surface area contributed by atoms with Crippen molar-refractivity contribution in [3.63, 3.8) is 0 Å². The Kier molecular flexibility index (Phi) is 6.22. The Balaban J connectivity index is 2.50. The zero-order valence-corrected chi connectivity index (χ0v) is 17.5. The number of hydrogen-bond donors (Lipinski definition) is 2. The minimum absolute atomic E-state index is 0.0210. The summed E-state index contributed by atoms with van der Waals surface area (Å²) in [5.74, 6) is 0. The van der Waals surface area contributed by atoms with Gasteiger partial charge < -0.3 is 10.2 Å². The normalized spacial score (nSPS) is 12.5. The molecule has 0 amide bonds. The summed E-state index contributed by atoms with van der Waals surface area (Å²) in [7, 11) is 0.